The van der Waals surface area contributed by atoms with Gasteiger partial charge in [-0.15, -0.1) is 0 Å². The highest BCUT2D eigenvalue weighted by atomic mass is 15.3. The Labute approximate surface area is 184 Å². The van der Waals surface area contributed by atoms with Gasteiger partial charge in [-0.1, -0.05) is 50.1 Å². The molecule has 3 rings (SSSR count). The molecule has 2 fully saturated rings. The molecule has 30 heavy (non-hydrogen) atoms. The molecule has 1 saturated heterocycles. The molecule has 0 atom stereocenters. The van der Waals surface area contributed by atoms with Crippen molar-refractivity contribution >= 4 is 5.96 Å². The van der Waals surface area contributed by atoms with Crippen molar-refractivity contribution in [2.75, 3.05) is 58.9 Å². The summed E-state index contributed by atoms with van der Waals surface area (Å²) < 4.78 is 0. The van der Waals surface area contributed by atoms with Gasteiger partial charge in [-0.3, -0.25) is 4.99 Å². The van der Waals surface area contributed by atoms with Crippen molar-refractivity contribution < 1.29 is 0 Å². The molecule has 1 aromatic rings. The van der Waals surface area contributed by atoms with Crippen LogP contribution in [0, 0.1) is 0 Å². The lowest BCUT2D eigenvalue weighted by Crippen LogP contribution is -2.46. The number of rotatable bonds is 10. The molecule has 0 spiro atoms. The molecule has 0 amide bonds. The third-order valence-corrected chi connectivity index (χ3v) is 6.94. The summed E-state index contributed by atoms with van der Waals surface area (Å²) in [5.41, 5.74) is 1.69. The molecule has 1 saturated carbocycles. The molecular weight excluding hydrogens is 370 g/mol. The van der Waals surface area contributed by atoms with Crippen LogP contribution in [0.5, 0.6) is 0 Å². The fraction of sp³-hybridized carbons (Fsp3) is 0.720. The Morgan fingerprint density at radius 3 is 2.30 bits per heavy atom. The number of piperazine rings is 1. The van der Waals surface area contributed by atoms with Crippen LogP contribution in [-0.4, -0.2) is 74.7 Å². The van der Waals surface area contributed by atoms with E-state index in [0.717, 1.165) is 25.6 Å². The molecule has 168 valence electrons. The smallest absolute Gasteiger partial charge is 0.191 e. The lowest BCUT2D eigenvalue weighted by Gasteiger charge is -2.34. The molecule has 0 unspecified atom stereocenters. The summed E-state index contributed by atoms with van der Waals surface area (Å²) in [4.78, 5) is 10.2. The summed E-state index contributed by atoms with van der Waals surface area (Å²) >= 11 is 0. The van der Waals surface area contributed by atoms with E-state index >= 15 is 0 Å². The van der Waals surface area contributed by atoms with Gasteiger partial charge in [-0.25, -0.2) is 0 Å². The second-order valence-electron chi connectivity index (χ2n) is 8.96. The molecule has 5 heteroatoms. The van der Waals surface area contributed by atoms with Crippen molar-refractivity contribution in [3.8, 4) is 0 Å². The number of nitrogens with one attached hydrogen (secondary N) is 2. The van der Waals surface area contributed by atoms with Crippen molar-refractivity contribution in [3.05, 3.63) is 35.9 Å². The lowest BCUT2D eigenvalue weighted by atomic mass is 9.79. The first kappa shape index (κ1) is 23.1. The van der Waals surface area contributed by atoms with Crippen molar-refractivity contribution in [3.63, 3.8) is 0 Å². The first-order valence-electron chi connectivity index (χ1n) is 12.3. The quantitative estimate of drug-likeness (QED) is 0.350. The highest BCUT2D eigenvalue weighted by molar-refractivity contribution is 5.79. The van der Waals surface area contributed by atoms with Crippen LogP contribution in [0.2, 0.25) is 0 Å². The maximum Gasteiger partial charge on any atom is 0.191 e. The Balaban J connectivity index is 1.43. The minimum atomic E-state index is 0.226. The first-order chi connectivity index (χ1) is 14.8. The Bertz CT molecular complexity index is 616. The van der Waals surface area contributed by atoms with Gasteiger partial charge >= 0.3 is 0 Å². The van der Waals surface area contributed by atoms with Crippen LogP contribution in [0.3, 0.4) is 0 Å². The monoisotopic (exact) mass is 413 g/mol. The van der Waals surface area contributed by atoms with Crippen LogP contribution in [0.25, 0.3) is 0 Å². The van der Waals surface area contributed by atoms with Crippen LogP contribution in [-0.2, 0) is 5.41 Å². The van der Waals surface area contributed by atoms with Gasteiger partial charge in [0.2, 0.25) is 0 Å². The number of benzene rings is 1. The van der Waals surface area contributed by atoms with Gasteiger partial charge in [0.05, 0.1) is 6.54 Å². The third kappa shape index (κ3) is 6.71. The van der Waals surface area contributed by atoms with E-state index in [1.54, 1.807) is 0 Å². The summed E-state index contributed by atoms with van der Waals surface area (Å²) in [6.07, 6.45) is 7.60. The predicted octanol–water partition coefficient (Wildman–Crippen LogP) is 3.47. The van der Waals surface area contributed by atoms with E-state index in [4.69, 9.17) is 4.99 Å². The van der Waals surface area contributed by atoms with Crippen LogP contribution in [0.15, 0.2) is 35.3 Å². The zero-order valence-corrected chi connectivity index (χ0v) is 19.3. The Morgan fingerprint density at radius 1 is 0.933 bits per heavy atom. The molecule has 1 aromatic carbocycles. The molecule has 1 aliphatic carbocycles. The van der Waals surface area contributed by atoms with Crippen molar-refractivity contribution in [2.24, 2.45) is 4.99 Å². The van der Waals surface area contributed by atoms with Crippen molar-refractivity contribution in [2.45, 2.75) is 57.8 Å². The zero-order valence-electron chi connectivity index (χ0n) is 19.3. The minimum Gasteiger partial charge on any atom is -0.357 e. The van der Waals surface area contributed by atoms with Gasteiger partial charge in [-0.2, -0.15) is 0 Å². The SMILES string of the molecule is CCNC(=NCC1(c2ccccc2)CCCC1)NCCCCN1CCN(CC)CC1. The van der Waals surface area contributed by atoms with Crippen molar-refractivity contribution in [1.82, 2.24) is 20.4 Å². The zero-order chi connectivity index (χ0) is 21.1. The van der Waals surface area contributed by atoms with Gasteiger partial charge in [0.1, 0.15) is 0 Å². The molecular formula is C25H43N5. The van der Waals surface area contributed by atoms with E-state index < -0.39 is 0 Å². The Kier molecular flexibility index (Phi) is 9.47. The maximum atomic E-state index is 5.03. The highest BCUT2D eigenvalue weighted by Gasteiger charge is 2.35. The van der Waals surface area contributed by atoms with Crippen LogP contribution >= 0.6 is 0 Å². The largest absolute Gasteiger partial charge is 0.357 e. The number of aliphatic imine (C=N–C) groups is 1. The molecule has 2 N–H and O–H groups in total. The summed E-state index contributed by atoms with van der Waals surface area (Å²) in [5.74, 6) is 0.983. The average molecular weight is 414 g/mol. The topological polar surface area (TPSA) is 42.9 Å². The van der Waals surface area contributed by atoms with Crippen LogP contribution in [0.1, 0.15) is 57.9 Å². The third-order valence-electron chi connectivity index (χ3n) is 6.94. The van der Waals surface area contributed by atoms with E-state index in [1.807, 2.05) is 0 Å². The van der Waals surface area contributed by atoms with E-state index in [2.05, 4.69) is 64.6 Å². The molecule has 5 nitrogen and oxygen atoms in total. The van der Waals surface area contributed by atoms with Crippen LogP contribution in [0.4, 0.5) is 0 Å². The fourth-order valence-electron chi connectivity index (χ4n) is 4.95. The van der Waals surface area contributed by atoms with E-state index in [-0.39, 0.29) is 5.41 Å². The predicted molar refractivity (Wildman–Crippen MR) is 128 cm³/mol. The Hall–Kier alpha value is -1.59. The number of guanidine groups is 1. The summed E-state index contributed by atoms with van der Waals surface area (Å²) in [7, 11) is 0. The standard InChI is InChI=1S/C25H43N5/c1-3-26-24(27-16-10-11-17-30-20-18-29(4-2)19-21-30)28-22-25(14-8-9-15-25)23-12-6-5-7-13-23/h5-7,12-13H,3-4,8-11,14-22H2,1-2H3,(H2,26,27,28). The van der Waals surface area contributed by atoms with Gasteiger partial charge < -0.3 is 20.4 Å². The molecule has 0 aromatic heterocycles. The van der Waals surface area contributed by atoms with Gasteiger partial charge in [0.25, 0.3) is 0 Å². The van der Waals surface area contributed by atoms with Crippen LogP contribution < -0.4 is 10.6 Å². The lowest BCUT2D eigenvalue weighted by molar-refractivity contribution is 0.136. The average Bonchev–Trinajstić information content (AvgIpc) is 3.28. The van der Waals surface area contributed by atoms with E-state index in [9.17, 15) is 0 Å². The molecule has 0 bridgehead atoms. The number of hydrogen-bond acceptors (Lipinski definition) is 3. The second-order valence-corrected chi connectivity index (χ2v) is 8.96. The molecule has 0 radical (unpaired) electrons. The second kappa shape index (κ2) is 12.3. The minimum absolute atomic E-state index is 0.226. The van der Waals surface area contributed by atoms with E-state index in [0.29, 0.717) is 0 Å². The summed E-state index contributed by atoms with van der Waals surface area (Å²) in [6, 6.07) is 11.0. The normalized spacial score (nSPS) is 20.4. The molecule has 1 aliphatic heterocycles. The molecule has 1 heterocycles. The number of unbranched alkanes of at least 4 members (excludes halogenated alkanes) is 1. The fourth-order valence-corrected chi connectivity index (χ4v) is 4.95. The van der Waals surface area contributed by atoms with Gasteiger partial charge in [0, 0.05) is 44.7 Å². The Morgan fingerprint density at radius 2 is 1.63 bits per heavy atom. The number of likely N-dealkylation sites (N-methyl/N-ethyl adjacent to an activating group) is 1. The van der Waals surface area contributed by atoms with Gasteiger partial charge in [0.15, 0.2) is 5.96 Å². The highest BCUT2D eigenvalue weighted by Crippen LogP contribution is 2.41. The summed E-state index contributed by atoms with van der Waals surface area (Å²) in [5, 5.41) is 7.03. The molecule has 2 aliphatic rings. The number of hydrogen-bond donors (Lipinski definition) is 2. The van der Waals surface area contributed by atoms with Gasteiger partial charge in [-0.05, 0) is 51.3 Å². The van der Waals surface area contributed by atoms with E-state index in [1.165, 1.54) is 83.4 Å². The summed E-state index contributed by atoms with van der Waals surface area (Å²) in [6.45, 7) is 14.5. The number of nitrogens with zero attached hydrogens (tertiary/aromatic N) is 3. The first-order valence-corrected chi connectivity index (χ1v) is 12.3. The van der Waals surface area contributed by atoms with Crippen molar-refractivity contribution in [1.29, 1.82) is 0 Å². The maximum absolute atomic E-state index is 5.03.